The standard InChI is InChI=1S/C17H17N3/c1-11-5-4-6-13(9-11)14-7-8-16-15(10-14)12(2)19-17(18-3)20-16/h4-10H,1-3H3,(H,18,19,20). The van der Waals surface area contributed by atoms with Gasteiger partial charge in [-0.15, -0.1) is 0 Å². The van der Waals surface area contributed by atoms with Crippen LogP contribution in [0.5, 0.6) is 0 Å². The molecule has 20 heavy (non-hydrogen) atoms. The quantitative estimate of drug-likeness (QED) is 0.760. The number of fused-ring (bicyclic) bond motifs is 1. The summed E-state index contributed by atoms with van der Waals surface area (Å²) in [6.45, 7) is 4.13. The molecule has 2 aromatic carbocycles. The highest BCUT2D eigenvalue weighted by Gasteiger charge is 2.06. The van der Waals surface area contributed by atoms with Gasteiger partial charge in [0.15, 0.2) is 0 Å². The molecule has 0 aliphatic carbocycles. The molecule has 0 atom stereocenters. The molecule has 1 aromatic heterocycles. The fourth-order valence-corrected chi connectivity index (χ4v) is 2.40. The Labute approximate surface area is 118 Å². The number of anilines is 1. The molecule has 3 rings (SSSR count). The van der Waals surface area contributed by atoms with Gasteiger partial charge in [0.2, 0.25) is 5.95 Å². The zero-order chi connectivity index (χ0) is 14.1. The Balaban J connectivity index is 2.18. The number of hydrogen-bond acceptors (Lipinski definition) is 3. The van der Waals surface area contributed by atoms with E-state index in [1.165, 1.54) is 16.7 Å². The minimum Gasteiger partial charge on any atom is -0.357 e. The Morgan fingerprint density at radius 1 is 0.900 bits per heavy atom. The van der Waals surface area contributed by atoms with E-state index in [2.05, 4.69) is 64.7 Å². The SMILES string of the molecule is CNc1nc(C)c2cc(-c3cccc(C)c3)ccc2n1. The van der Waals surface area contributed by atoms with Crippen molar-refractivity contribution in [1.82, 2.24) is 9.97 Å². The van der Waals surface area contributed by atoms with E-state index in [-0.39, 0.29) is 0 Å². The highest BCUT2D eigenvalue weighted by molar-refractivity contribution is 5.87. The van der Waals surface area contributed by atoms with Crippen molar-refractivity contribution in [2.24, 2.45) is 0 Å². The summed E-state index contributed by atoms with van der Waals surface area (Å²) in [5.41, 5.74) is 5.65. The normalized spacial score (nSPS) is 10.8. The summed E-state index contributed by atoms with van der Waals surface area (Å²) in [6.07, 6.45) is 0. The maximum absolute atomic E-state index is 4.48. The first-order valence-electron chi connectivity index (χ1n) is 6.70. The fraction of sp³-hybridized carbons (Fsp3) is 0.176. The van der Waals surface area contributed by atoms with E-state index in [9.17, 15) is 0 Å². The Morgan fingerprint density at radius 2 is 1.70 bits per heavy atom. The van der Waals surface area contributed by atoms with E-state index in [0.29, 0.717) is 5.95 Å². The Hall–Kier alpha value is -2.42. The molecule has 0 aliphatic heterocycles. The number of aromatic nitrogens is 2. The van der Waals surface area contributed by atoms with Crippen LogP contribution in [0.3, 0.4) is 0 Å². The lowest BCUT2D eigenvalue weighted by Crippen LogP contribution is -1.98. The van der Waals surface area contributed by atoms with Gasteiger partial charge in [0, 0.05) is 12.4 Å². The van der Waals surface area contributed by atoms with E-state index in [4.69, 9.17) is 0 Å². The Morgan fingerprint density at radius 3 is 2.45 bits per heavy atom. The van der Waals surface area contributed by atoms with E-state index >= 15 is 0 Å². The fourth-order valence-electron chi connectivity index (χ4n) is 2.40. The molecule has 0 bridgehead atoms. The molecule has 100 valence electrons. The number of benzene rings is 2. The van der Waals surface area contributed by atoms with E-state index in [1.807, 2.05) is 14.0 Å². The smallest absolute Gasteiger partial charge is 0.223 e. The molecular weight excluding hydrogens is 246 g/mol. The third-order valence-electron chi connectivity index (χ3n) is 3.46. The highest BCUT2D eigenvalue weighted by atomic mass is 15.1. The molecule has 0 fully saturated rings. The van der Waals surface area contributed by atoms with Crippen molar-refractivity contribution in [3.05, 3.63) is 53.7 Å². The molecule has 0 amide bonds. The molecule has 0 spiro atoms. The first-order chi connectivity index (χ1) is 9.67. The first kappa shape index (κ1) is 12.6. The molecule has 1 heterocycles. The second kappa shape index (κ2) is 4.93. The van der Waals surface area contributed by atoms with Gasteiger partial charge in [-0.3, -0.25) is 0 Å². The molecule has 1 N–H and O–H groups in total. The lowest BCUT2D eigenvalue weighted by Gasteiger charge is -2.08. The summed E-state index contributed by atoms with van der Waals surface area (Å²) >= 11 is 0. The lowest BCUT2D eigenvalue weighted by atomic mass is 10.0. The molecule has 0 saturated heterocycles. The summed E-state index contributed by atoms with van der Waals surface area (Å²) in [5.74, 6) is 0.665. The van der Waals surface area contributed by atoms with Crippen LogP contribution in [0.2, 0.25) is 0 Å². The first-order valence-corrected chi connectivity index (χ1v) is 6.70. The van der Waals surface area contributed by atoms with Gasteiger partial charge in [-0.25, -0.2) is 9.97 Å². The van der Waals surface area contributed by atoms with Crippen LogP contribution in [-0.4, -0.2) is 17.0 Å². The van der Waals surface area contributed by atoms with Gasteiger partial charge in [-0.05, 0) is 37.1 Å². The lowest BCUT2D eigenvalue weighted by molar-refractivity contribution is 1.14. The van der Waals surface area contributed by atoms with Gasteiger partial charge in [0.05, 0.1) is 11.2 Å². The zero-order valence-corrected chi connectivity index (χ0v) is 11.9. The van der Waals surface area contributed by atoms with E-state index in [1.54, 1.807) is 0 Å². The third-order valence-corrected chi connectivity index (χ3v) is 3.46. The van der Waals surface area contributed by atoms with Gasteiger partial charge in [0.25, 0.3) is 0 Å². The highest BCUT2D eigenvalue weighted by Crippen LogP contribution is 2.26. The van der Waals surface area contributed by atoms with Gasteiger partial charge < -0.3 is 5.32 Å². The largest absolute Gasteiger partial charge is 0.357 e. The van der Waals surface area contributed by atoms with Gasteiger partial charge in [0.1, 0.15) is 0 Å². The summed E-state index contributed by atoms with van der Waals surface area (Å²) in [4.78, 5) is 8.93. The summed E-state index contributed by atoms with van der Waals surface area (Å²) in [7, 11) is 1.84. The Kier molecular flexibility index (Phi) is 3.11. The monoisotopic (exact) mass is 263 g/mol. The van der Waals surface area contributed by atoms with Crippen LogP contribution in [0.15, 0.2) is 42.5 Å². The van der Waals surface area contributed by atoms with Crippen LogP contribution in [0.25, 0.3) is 22.0 Å². The van der Waals surface area contributed by atoms with Crippen molar-refractivity contribution in [3.8, 4) is 11.1 Å². The van der Waals surface area contributed by atoms with Crippen molar-refractivity contribution in [2.45, 2.75) is 13.8 Å². The molecule has 0 radical (unpaired) electrons. The van der Waals surface area contributed by atoms with E-state index < -0.39 is 0 Å². The summed E-state index contributed by atoms with van der Waals surface area (Å²) in [6, 6.07) is 14.9. The number of hydrogen-bond donors (Lipinski definition) is 1. The van der Waals surface area contributed by atoms with Crippen LogP contribution in [0.1, 0.15) is 11.3 Å². The third kappa shape index (κ3) is 2.23. The molecule has 0 aliphatic rings. The zero-order valence-electron chi connectivity index (χ0n) is 11.9. The van der Waals surface area contributed by atoms with Gasteiger partial charge in [-0.2, -0.15) is 0 Å². The molecule has 0 saturated carbocycles. The van der Waals surface area contributed by atoms with Gasteiger partial charge >= 0.3 is 0 Å². The van der Waals surface area contributed by atoms with Crippen molar-refractivity contribution in [1.29, 1.82) is 0 Å². The predicted molar refractivity (Wildman–Crippen MR) is 84.0 cm³/mol. The van der Waals surface area contributed by atoms with Crippen molar-refractivity contribution in [3.63, 3.8) is 0 Å². The van der Waals surface area contributed by atoms with Crippen LogP contribution in [-0.2, 0) is 0 Å². The second-order valence-corrected chi connectivity index (χ2v) is 4.98. The van der Waals surface area contributed by atoms with Crippen LogP contribution >= 0.6 is 0 Å². The average molecular weight is 263 g/mol. The molecular formula is C17H17N3. The van der Waals surface area contributed by atoms with Crippen molar-refractivity contribution in [2.75, 3.05) is 12.4 Å². The van der Waals surface area contributed by atoms with Crippen molar-refractivity contribution < 1.29 is 0 Å². The number of nitrogens with one attached hydrogen (secondary N) is 1. The maximum atomic E-state index is 4.48. The minimum absolute atomic E-state index is 0.665. The predicted octanol–water partition coefficient (Wildman–Crippen LogP) is 3.96. The molecule has 3 aromatic rings. The molecule has 3 heteroatoms. The van der Waals surface area contributed by atoms with Crippen LogP contribution < -0.4 is 5.32 Å². The second-order valence-electron chi connectivity index (χ2n) is 4.98. The minimum atomic E-state index is 0.665. The number of aryl methyl sites for hydroxylation is 2. The maximum Gasteiger partial charge on any atom is 0.223 e. The van der Waals surface area contributed by atoms with Crippen LogP contribution in [0, 0.1) is 13.8 Å². The number of rotatable bonds is 2. The number of nitrogens with zero attached hydrogens (tertiary/aromatic N) is 2. The Bertz CT molecular complexity index is 778. The molecule has 0 unspecified atom stereocenters. The van der Waals surface area contributed by atoms with Crippen LogP contribution in [0.4, 0.5) is 5.95 Å². The topological polar surface area (TPSA) is 37.8 Å². The molecule has 3 nitrogen and oxygen atoms in total. The van der Waals surface area contributed by atoms with E-state index in [0.717, 1.165) is 16.6 Å². The van der Waals surface area contributed by atoms with Gasteiger partial charge in [-0.1, -0.05) is 35.9 Å². The summed E-state index contributed by atoms with van der Waals surface area (Å²) in [5, 5.41) is 4.09. The van der Waals surface area contributed by atoms with Crippen molar-refractivity contribution >= 4 is 16.9 Å². The summed E-state index contributed by atoms with van der Waals surface area (Å²) < 4.78 is 0. The average Bonchev–Trinajstić information content (AvgIpc) is 2.46.